The van der Waals surface area contributed by atoms with Crippen LogP contribution >= 0.6 is 0 Å². The molecule has 1 aliphatic heterocycles. The number of rotatable bonds is 16. The average molecular weight is 474 g/mol. The zero-order chi connectivity index (χ0) is 23.6. The number of hydrogen-bond acceptors (Lipinski definition) is 3. The minimum absolute atomic E-state index is 1.37. The Balaban J connectivity index is 0.000000954. The van der Waals surface area contributed by atoms with Crippen LogP contribution in [-0.2, 0) is 10.1 Å². The fourth-order valence-electron chi connectivity index (χ4n) is 4.37. The molecule has 0 unspecified atom stereocenters. The van der Waals surface area contributed by atoms with Crippen LogP contribution in [0.4, 0.5) is 13.2 Å². The van der Waals surface area contributed by atoms with Crippen molar-refractivity contribution >= 4 is 10.1 Å². The first-order valence-electron chi connectivity index (χ1n) is 12.5. The Labute approximate surface area is 189 Å². The fraction of sp³-hybridized carbons (Fsp3) is 1.00. The number of hydrogen-bond donors (Lipinski definition) is 0. The molecule has 1 heterocycles. The Morgan fingerprint density at radius 3 is 1.26 bits per heavy atom. The number of nitrogens with zero attached hydrogens (tertiary/aromatic N) is 1. The van der Waals surface area contributed by atoms with Gasteiger partial charge in [0, 0.05) is 12.8 Å². The standard InChI is InChI=1S/C22H46N.CHF3O3S/c1-3-5-7-9-11-13-15-19-23(21-17-18-22-23)20-16-14-12-10-8-6-4-2;2-1(3,4)8(5,6)7/h3-22H2,1-2H3;(H,5,6,7)/q+1;/p-1. The summed E-state index contributed by atoms with van der Waals surface area (Å²) in [6.45, 7) is 10.6. The van der Waals surface area contributed by atoms with Gasteiger partial charge in [-0.25, -0.2) is 8.42 Å². The van der Waals surface area contributed by atoms with E-state index in [0.717, 1.165) is 0 Å². The molecule has 0 aromatic carbocycles. The summed E-state index contributed by atoms with van der Waals surface area (Å²) in [5.74, 6) is 0. The van der Waals surface area contributed by atoms with Crippen molar-refractivity contribution in [3.05, 3.63) is 0 Å². The van der Waals surface area contributed by atoms with Crippen LogP contribution in [0.1, 0.15) is 117 Å². The summed E-state index contributed by atoms with van der Waals surface area (Å²) < 4.78 is 60.4. The topological polar surface area (TPSA) is 57.2 Å². The number of unbranched alkanes of at least 4 members (excludes halogenated alkanes) is 12. The second-order valence-electron chi connectivity index (χ2n) is 9.09. The molecule has 0 aliphatic carbocycles. The van der Waals surface area contributed by atoms with E-state index in [-0.39, 0.29) is 0 Å². The van der Waals surface area contributed by atoms with Gasteiger partial charge in [-0.05, 0) is 25.7 Å². The molecule has 1 rings (SSSR count). The quantitative estimate of drug-likeness (QED) is 0.103. The zero-order valence-electron chi connectivity index (χ0n) is 19.9. The van der Waals surface area contributed by atoms with Crippen LogP contribution < -0.4 is 0 Å². The summed E-state index contributed by atoms with van der Waals surface area (Å²) in [4.78, 5) is 0. The maximum atomic E-state index is 10.7. The van der Waals surface area contributed by atoms with Crippen LogP contribution in [0.3, 0.4) is 0 Å². The molecular weight excluding hydrogens is 427 g/mol. The van der Waals surface area contributed by atoms with E-state index in [2.05, 4.69) is 13.8 Å². The molecule has 0 atom stereocenters. The first-order chi connectivity index (χ1) is 14.6. The predicted octanol–water partition coefficient (Wildman–Crippen LogP) is 7.15. The molecule has 188 valence electrons. The zero-order valence-corrected chi connectivity index (χ0v) is 20.7. The molecule has 0 saturated carbocycles. The molecule has 0 aromatic heterocycles. The molecule has 4 nitrogen and oxygen atoms in total. The van der Waals surface area contributed by atoms with Crippen LogP contribution in [-0.4, -0.2) is 49.1 Å². The van der Waals surface area contributed by atoms with Crippen molar-refractivity contribution < 1.29 is 30.6 Å². The molecular formula is C23H46F3NO3S. The van der Waals surface area contributed by atoms with Gasteiger partial charge in [0.05, 0.1) is 26.2 Å². The van der Waals surface area contributed by atoms with Gasteiger partial charge in [0.1, 0.15) is 0 Å². The number of halogens is 3. The maximum absolute atomic E-state index is 10.7. The third-order valence-electron chi connectivity index (χ3n) is 6.27. The Hall–Kier alpha value is -0.340. The number of quaternary nitrogens is 1. The normalized spacial score (nSPS) is 16.2. The largest absolute Gasteiger partial charge is 0.741 e. The van der Waals surface area contributed by atoms with Gasteiger partial charge in [-0.15, -0.1) is 0 Å². The van der Waals surface area contributed by atoms with Crippen molar-refractivity contribution in [3.63, 3.8) is 0 Å². The van der Waals surface area contributed by atoms with Crippen LogP contribution in [0.25, 0.3) is 0 Å². The van der Waals surface area contributed by atoms with Gasteiger partial charge in [0.2, 0.25) is 0 Å². The van der Waals surface area contributed by atoms with Crippen LogP contribution in [0, 0.1) is 0 Å². The second-order valence-corrected chi connectivity index (χ2v) is 10.5. The third-order valence-corrected chi connectivity index (χ3v) is 6.84. The minimum atomic E-state index is -6.09. The molecule has 0 spiro atoms. The molecule has 0 aromatic rings. The van der Waals surface area contributed by atoms with Crippen molar-refractivity contribution in [2.24, 2.45) is 0 Å². The van der Waals surface area contributed by atoms with E-state index in [1.54, 1.807) is 0 Å². The van der Waals surface area contributed by atoms with Crippen molar-refractivity contribution in [1.82, 2.24) is 0 Å². The van der Waals surface area contributed by atoms with E-state index in [1.165, 1.54) is 133 Å². The van der Waals surface area contributed by atoms with Gasteiger partial charge in [-0.2, -0.15) is 13.2 Å². The van der Waals surface area contributed by atoms with Gasteiger partial charge in [0.15, 0.2) is 10.1 Å². The summed E-state index contributed by atoms with van der Waals surface area (Å²) in [6, 6.07) is 0. The minimum Gasteiger partial charge on any atom is -0.741 e. The first-order valence-corrected chi connectivity index (χ1v) is 13.9. The lowest BCUT2D eigenvalue weighted by Gasteiger charge is -2.34. The Morgan fingerprint density at radius 1 is 0.677 bits per heavy atom. The van der Waals surface area contributed by atoms with Crippen molar-refractivity contribution in [1.29, 1.82) is 0 Å². The molecule has 0 bridgehead atoms. The van der Waals surface area contributed by atoms with Crippen LogP contribution in [0.5, 0.6) is 0 Å². The summed E-state index contributed by atoms with van der Waals surface area (Å²) >= 11 is 0. The molecule has 1 saturated heterocycles. The van der Waals surface area contributed by atoms with E-state index >= 15 is 0 Å². The Kier molecular flexibility index (Phi) is 17.0. The SMILES string of the molecule is CCCCCCCCC[N+]1(CCCCCCCCC)CCCC1.O=S(=O)([O-])C(F)(F)F. The molecule has 0 N–H and O–H groups in total. The van der Waals surface area contributed by atoms with E-state index in [0.29, 0.717) is 0 Å². The van der Waals surface area contributed by atoms with E-state index in [9.17, 15) is 13.2 Å². The lowest BCUT2D eigenvalue weighted by atomic mass is 10.1. The predicted molar refractivity (Wildman–Crippen MR) is 121 cm³/mol. The highest BCUT2D eigenvalue weighted by Crippen LogP contribution is 2.23. The molecule has 0 amide bonds. The van der Waals surface area contributed by atoms with Crippen molar-refractivity contribution in [2.45, 2.75) is 122 Å². The smallest absolute Gasteiger partial charge is 0.485 e. The molecule has 1 fully saturated rings. The summed E-state index contributed by atoms with van der Waals surface area (Å²) in [6.07, 6.45) is 23.4. The van der Waals surface area contributed by atoms with Crippen LogP contribution in [0.2, 0.25) is 0 Å². The van der Waals surface area contributed by atoms with E-state index < -0.39 is 15.6 Å². The Morgan fingerprint density at radius 2 is 0.968 bits per heavy atom. The Bertz CT molecular complexity index is 499. The van der Waals surface area contributed by atoms with Gasteiger partial charge in [-0.3, -0.25) is 0 Å². The lowest BCUT2D eigenvalue weighted by molar-refractivity contribution is -0.917. The molecule has 0 radical (unpaired) electrons. The van der Waals surface area contributed by atoms with Gasteiger partial charge < -0.3 is 9.04 Å². The average Bonchev–Trinajstić information content (AvgIpc) is 3.14. The second kappa shape index (κ2) is 17.2. The van der Waals surface area contributed by atoms with Crippen LogP contribution in [0.15, 0.2) is 0 Å². The maximum Gasteiger partial charge on any atom is 0.485 e. The summed E-state index contributed by atoms with van der Waals surface area (Å²) in [7, 11) is -6.09. The van der Waals surface area contributed by atoms with Crippen molar-refractivity contribution in [3.8, 4) is 0 Å². The van der Waals surface area contributed by atoms with Gasteiger partial charge >= 0.3 is 5.51 Å². The highest BCUT2D eigenvalue weighted by Gasteiger charge is 2.37. The van der Waals surface area contributed by atoms with E-state index in [1.807, 2.05) is 0 Å². The summed E-state index contributed by atoms with van der Waals surface area (Å²) in [5, 5.41) is 0. The van der Waals surface area contributed by atoms with Gasteiger partial charge in [-0.1, -0.05) is 78.1 Å². The molecule has 8 heteroatoms. The first kappa shape index (κ1) is 30.7. The fourth-order valence-corrected chi connectivity index (χ4v) is 4.37. The number of likely N-dealkylation sites (tertiary alicyclic amines) is 1. The monoisotopic (exact) mass is 473 g/mol. The van der Waals surface area contributed by atoms with Gasteiger partial charge in [0.25, 0.3) is 0 Å². The van der Waals surface area contributed by atoms with Crippen molar-refractivity contribution in [2.75, 3.05) is 26.2 Å². The summed E-state index contributed by atoms with van der Waals surface area (Å²) in [5.41, 5.74) is -5.65. The lowest BCUT2D eigenvalue weighted by Crippen LogP contribution is -2.46. The van der Waals surface area contributed by atoms with E-state index in [4.69, 9.17) is 13.0 Å². The number of alkyl halides is 3. The highest BCUT2D eigenvalue weighted by atomic mass is 32.2. The molecule has 31 heavy (non-hydrogen) atoms. The molecule has 1 aliphatic rings. The highest BCUT2D eigenvalue weighted by molar-refractivity contribution is 7.86. The third kappa shape index (κ3) is 16.0.